The van der Waals surface area contributed by atoms with Gasteiger partial charge in [-0.2, -0.15) is 17.4 Å². The lowest BCUT2D eigenvalue weighted by Crippen LogP contribution is -2.52. The minimum absolute atomic E-state index is 0.249. The fourth-order valence-corrected chi connectivity index (χ4v) is 3.08. The van der Waals surface area contributed by atoms with Crippen LogP contribution in [-0.4, -0.2) is 83.7 Å². The highest BCUT2D eigenvalue weighted by molar-refractivity contribution is 7.87. The molecule has 0 aromatic carbocycles. The molecular weight excluding hydrogens is 286 g/mol. The molecule has 0 aromatic heterocycles. The van der Waals surface area contributed by atoms with E-state index in [1.165, 1.54) is 18.5 Å². The Balaban J connectivity index is 2.32. The molecule has 1 N–H and O–H groups in total. The summed E-state index contributed by atoms with van der Waals surface area (Å²) in [5.74, 6) is -0.249. The van der Waals surface area contributed by atoms with E-state index in [1.54, 1.807) is 0 Å². The van der Waals surface area contributed by atoms with Crippen LogP contribution in [0.3, 0.4) is 0 Å². The number of esters is 1. The summed E-state index contributed by atoms with van der Waals surface area (Å²) in [5.41, 5.74) is 0. The molecule has 0 aromatic rings. The first-order valence-corrected chi connectivity index (χ1v) is 7.96. The highest BCUT2D eigenvalue weighted by atomic mass is 32.2. The smallest absolute Gasteiger partial charge is 0.306 e. The van der Waals surface area contributed by atoms with Crippen LogP contribution >= 0.6 is 0 Å². The van der Waals surface area contributed by atoms with Gasteiger partial charge in [-0.25, -0.2) is 0 Å². The van der Waals surface area contributed by atoms with Crippen LogP contribution in [0, 0.1) is 0 Å². The van der Waals surface area contributed by atoms with Crippen molar-refractivity contribution in [2.75, 3.05) is 60.1 Å². The molecule has 0 radical (unpaired) electrons. The van der Waals surface area contributed by atoms with E-state index < -0.39 is 10.2 Å². The number of nitrogens with zero attached hydrogens (tertiary/aromatic N) is 2. The topological polar surface area (TPSA) is 88.2 Å². The van der Waals surface area contributed by atoms with Crippen molar-refractivity contribution in [2.24, 2.45) is 0 Å². The molecule has 0 saturated carbocycles. The van der Waals surface area contributed by atoms with Gasteiger partial charge in [-0.3, -0.25) is 4.79 Å². The Bertz CT molecular complexity index is 393. The molecule has 1 saturated heterocycles. The second-order valence-corrected chi connectivity index (χ2v) is 6.21. The zero-order chi connectivity index (χ0) is 15.0. The molecule has 9 heteroatoms. The van der Waals surface area contributed by atoms with Crippen LogP contribution in [-0.2, 0) is 24.5 Å². The number of nitrogens with one attached hydrogen (secondary N) is 1. The fraction of sp³-hybridized carbons (Fsp3) is 0.909. The van der Waals surface area contributed by atoms with Gasteiger partial charge in [0.1, 0.15) is 0 Å². The van der Waals surface area contributed by atoms with Crippen molar-refractivity contribution in [3.63, 3.8) is 0 Å². The van der Waals surface area contributed by atoms with Crippen molar-refractivity contribution >= 4 is 16.2 Å². The van der Waals surface area contributed by atoms with E-state index in [1.807, 2.05) is 0 Å². The van der Waals surface area contributed by atoms with E-state index in [9.17, 15) is 13.2 Å². The molecule has 1 heterocycles. The maximum Gasteiger partial charge on any atom is 0.306 e. The van der Waals surface area contributed by atoms with E-state index in [0.29, 0.717) is 45.8 Å². The average molecular weight is 309 g/mol. The van der Waals surface area contributed by atoms with Gasteiger partial charge >= 0.3 is 5.97 Å². The molecule has 118 valence electrons. The van der Waals surface area contributed by atoms with Gasteiger partial charge in [-0.1, -0.05) is 0 Å². The number of carbonyl (C=O) groups excluding carboxylic acids is 1. The number of methoxy groups -OCH3 is 2. The number of rotatable bonds is 8. The van der Waals surface area contributed by atoms with E-state index in [-0.39, 0.29) is 12.5 Å². The quantitative estimate of drug-likeness (QED) is 0.440. The lowest BCUT2D eigenvalue weighted by molar-refractivity contribution is -0.141. The highest BCUT2D eigenvalue weighted by Gasteiger charge is 2.26. The van der Waals surface area contributed by atoms with Crippen molar-refractivity contribution in [3.05, 3.63) is 0 Å². The zero-order valence-electron chi connectivity index (χ0n) is 12.0. The van der Waals surface area contributed by atoms with Gasteiger partial charge in [0.15, 0.2) is 0 Å². The summed E-state index contributed by atoms with van der Waals surface area (Å²) in [5, 5.41) is 0. The summed E-state index contributed by atoms with van der Waals surface area (Å²) in [6.07, 6.45) is 0.329. The number of hydrogen-bond acceptors (Lipinski definition) is 6. The Hall–Kier alpha value is -0.740. The van der Waals surface area contributed by atoms with Gasteiger partial charge in [0.2, 0.25) is 0 Å². The molecule has 0 bridgehead atoms. The first-order chi connectivity index (χ1) is 9.49. The summed E-state index contributed by atoms with van der Waals surface area (Å²) in [6.45, 7) is 3.27. The van der Waals surface area contributed by atoms with E-state index in [2.05, 4.69) is 14.4 Å². The fourth-order valence-electron chi connectivity index (χ4n) is 1.91. The summed E-state index contributed by atoms with van der Waals surface area (Å²) in [7, 11) is -0.548. The predicted molar refractivity (Wildman–Crippen MR) is 73.4 cm³/mol. The lowest BCUT2D eigenvalue weighted by Gasteiger charge is -2.33. The van der Waals surface area contributed by atoms with Crippen LogP contribution < -0.4 is 4.72 Å². The SMILES string of the molecule is COCCNS(=O)(=O)N1CCN(CCC(=O)OC)CC1. The number of hydrogen-bond donors (Lipinski definition) is 1. The van der Waals surface area contributed by atoms with Gasteiger partial charge in [0, 0.05) is 46.4 Å². The third kappa shape index (κ3) is 5.71. The minimum Gasteiger partial charge on any atom is -0.469 e. The van der Waals surface area contributed by atoms with Crippen molar-refractivity contribution in [2.45, 2.75) is 6.42 Å². The Labute approximate surface area is 120 Å². The largest absolute Gasteiger partial charge is 0.469 e. The Morgan fingerprint density at radius 2 is 1.85 bits per heavy atom. The molecule has 1 rings (SSSR count). The van der Waals surface area contributed by atoms with Gasteiger partial charge in [0.05, 0.1) is 20.1 Å². The molecule has 1 aliphatic heterocycles. The van der Waals surface area contributed by atoms with E-state index >= 15 is 0 Å². The Kier molecular flexibility index (Phi) is 7.38. The van der Waals surface area contributed by atoms with Crippen LogP contribution in [0.1, 0.15) is 6.42 Å². The maximum atomic E-state index is 11.9. The van der Waals surface area contributed by atoms with Crippen LogP contribution in [0.5, 0.6) is 0 Å². The normalized spacial score (nSPS) is 18.1. The summed E-state index contributed by atoms with van der Waals surface area (Å²) in [4.78, 5) is 13.1. The van der Waals surface area contributed by atoms with Crippen LogP contribution in [0.2, 0.25) is 0 Å². The van der Waals surface area contributed by atoms with Gasteiger partial charge in [-0.05, 0) is 0 Å². The molecule has 8 nitrogen and oxygen atoms in total. The molecule has 0 unspecified atom stereocenters. The standard InChI is InChI=1S/C11H23N3O5S/c1-18-10-4-12-20(16,17)14-8-6-13(7-9-14)5-3-11(15)19-2/h12H,3-10H2,1-2H3. The summed E-state index contributed by atoms with van der Waals surface area (Å²) in [6, 6.07) is 0. The molecule has 0 atom stereocenters. The summed E-state index contributed by atoms with van der Waals surface area (Å²) < 4.78 is 37.2. The molecule has 1 aliphatic rings. The third-order valence-electron chi connectivity index (χ3n) is 3.12. The Morgan fingerprint density at radius 3 is 2.40 bits per heavy atom. The number of piperazine rings is 1. The zero-order valence-corrected chi connectivity index (χ0v) is 12.8. The van der Waals surface area contributed by atoms with Gasteiger partial charge in [-0.15, -0.1) is 0 Å². The molecular formula is C11H23N3O5S. The van der Waals surface area contributed by atoms with Gasteiger partial charge in [0.25, 0.3) is 10.2 Å². The average Bonchev–Trinajstić information content (AvgIpc) is 2.45. The van der Waals surface area contributed by atoms with Crippen LogP contribution in [0.15, 0.2) is 0 Å². The van der Waals surface area contributed by atoms with E-state index in [0.717, 1.165) is 0 Å². The van der Waals surface area contributed by atoms with Crippen molar-refractivity contribution in [1.29, 1.82) is 0 Å². The number of ether oxygens (including phenoxy) is 2. The predicted octanol–water partition coefficient (Wildman–Crippen LogP) is -1.35. The lowest BCUT2D eigenvalue weighted by atomic mass is 10.3. The van der Waals surface area contributed by atoms with Crippen molar-refractivity contribution < 1.29 is 22.7 Å². The van der Waals surface area contributed by atoms with E-state index in [4.69, 9.17) is 4.74 Å². The summed E-state index contributed by atoms with van der Waals surface area (Å²) >= 11 is 0. The second-order valence-electron chi connectivity index (χ2n) is 4.46. The highest BCUT2D eigenvalue weighted by Crippen LogP contribution is 2.06. The first kappa shape index (κ1) is 17.3. The second kappa shape index (κ2) is 8.53. The molecule has 1 fully saturated rings. The van der Waals surface area contributed by atoms with Crippen molar-refractivity contribution in [1.82, 2.24) is 13.9 Å². The third-order valence-corrected chi connectivity index (χ3v) is 4.74. The Morgan fingerprint density at radius 1 is 1.20 bits per heavy atom. The number of carbonyl (C=O) groups is 1. The van der Waals surface area contributed by atoms with Crippen LogP contribution in [0.4, 0.5) is 0 Å². The first-order valence-electron chi connectivity index (χ1n) is 6.52. The monoisotopic (exact) mass is 309 g/mol. The van der Waals surface area contributed by atoms with Crippen LogP contribution in [0.25, 0.3) is 0 Å². The van der Waals surface area contributed by atoms with Crippen molar-refractivity contribution in [3.8, 4) is 0 Å². The molecule has 0 aliphatic carbocycles. The van der Waals surface area contributed by atoms with Gasteiger partial charge < -0.3 is 14.4 Å². The molecule has 0 spiro atoms. The molecule has 20 heavy (non-hydrogen) atoms. The maximum absolute atomic E-state index is 11.9. The molecule has 0 amide bonds. The minimum atomic E-state index is -3.43.